The SMILES string of the molecule is CC/C(NC)=C(\C(=O)NCC#Cc1ccc(C(=N)c2ccc[nH]2)c(N)c1)C(=O)NCc1ccc(F)cc1.CF.N=Cc1ccc(C#CCNC(=O)c2cncn(Cc3ccc(F)c(F)c3)c2=O)cc1N. The van der Waals surface area contributed by atoms with E-state index >= 15 is 0 Å². The number of nitrogens with two attached hydrogens (primary N) is 2. The number of rotatable bonds is 14. The number of aromatic amines is 1. The molecule has 2 heterocycles. The highest BCUT2D eigenvalue weighted by molar-refractivity contribution is 6.19. The lowest BCUT2D eigenvalue weighted by Crippen LogP contribution is -2.37. The zero-order chi connectivity index (χ0) is 51.2. The molecule has 11 N–H and O–H groups in total. The Morgan fingerprint density at radius 1 is 0.800 bits per heavy atom. The first kappa shape index (κ1) is 53.4. The van der Waals surface area contributed by atoms with Crippen LogP contribution in [0.3, 0.4) is 0 Å². The zero-order valence-corrected chi connectivity index (χ0v) is 38.2. The van der Waals surface area contributed by atoms with Crippen LogP contribution in [0.1, 0.15) is 62.8 Å². The average molecular weight is 956 g/mol. The number of carbonyl (C=O) groups excluding carboxylic acids is 3. The van der Waals surface area contributed by atoms with E-state index < -0.39 is 34.9 Å². The van der Waals surface area contributed by atoms with Gasteiger partial charge in [0, 0.05) is 71.5 Å². The first-order valence-electron chi connectivity index (χ1n) is 21.1. The minimum atomic E-state index is -1.03. The number of allylic oxidation sites excluding steroid dienone is 1. The van der Waals surface area contributed by atoms with Gasteiger partial charge in [-0.05, 0) is 84.3 Å². The number of nitrogens with zero attached hydrogens (tertiary/aromatic N) is 2. The predicted octanol–water partition coefficient (Wildman–Crippen LogP) is 5.34. The number of amides is 3. The maximum atomic E-state index is 13.4. The molecule has 0 aliphatic rings. The van der Waals surface area contributed by atoms with Crippen molar-refractivity contribution in [1.29, 1.82) is 10.8 Å². The summed E-state index contributed by atoms with van der Waals surface area (Å²) < 4.78 is 50.2. The van der Waals surface area contributed by atoms with Crippen LogP contribution in [0.4, 0.5) is 28.9 Å². The lowest BCUT2D eigenvalue weighted by Gasteiger charge is -2.14. The Balaban J connectivity index is 0.000000298. The Bertz CT molecular complexity index is 3050. The van der Waals surface area contributed by atoms with Gasteiger partial charge < -0.3 is 43.1 Å². The lowest BCUT2D eigenvalue weighted by molar-refractivity contribution is -0.123. The topological polar surface area (TPSA) is 250 Å². The van der Waals surface area contributed by atoms with Crippen LogP contribution in [0.25, 0.3) is 0 Å². The molecule has 0 aliphatic heterocycles. The molecule has 0 radical (unpaired) electrons. The number of carbonyl (C=O) groups is 3. The Morgan fingerprint density at radius 2 is 1.44 bits per heavy atom. The van der Waals surface area contributed by atoms with Crippen LogP contribution in [-0.4, -0.2) is 71.5 Å². The normalized spacial score (nSPS) is 10.4. The molecule has 0 fully saturated rings. The van der Waals surface area contributed by atoms with Crippen LogP contribution in [0.5, 0.6) is 0 Å². The van der Waals surface area contributed by atoms with Gasteiger partial charge in [0.05, 0.1) is 44.5 Å². The summed E-state index contributed by atoms with van der Waals surface area (Å²) in [6, 6.07) is 22.8. The second-order valence-corrected chi connectivity index (χ2v) is 14.5. The molecule has 6 rings (SSSR count). The molecule has 70 heavy (non-hydrogen) atoms. The molecule has 15 nitrogen and oxygen atoms in total. The molecule has 0 saturated carbocycles. The number of anilines is 2. The molecule has 0 unspecified atom stereocenters. The number of benzene rings is 4. The van der Waals surface area contributed by atoms with E-state index in [9.17, 15) is 36.7 Å². The van der Waals surface area contributed by atoms with E-state index in [-0.39, 0.29) is 48.8 Å². The first-order valence-corrected chi connectivity index (χ1v) is 21.1. The summed E-state index contributed by atoms with van der Waals surface area (Å²) >= 11 is 0. The molecule has 0 spiro atoms. The molecular formula is C51H49F4N11O4. The van der Waals surface area contributed by atoms with E-state index in [0.717, 1.165) is 29.1 Å². The van der Waals surface area contributed by atoms with Crippen molar-refractivity contribution >= 4 is 41.0 Å². The third-order valence-electron chi connectivity index (χ3n) is 9.83. The van der Waals surface area contributed by atoms with Crippen molar-refractivity contribution in [3.05, 3.63) is 193 Å². The summed E-state index contributed by atoms with van der Waals surface area (Å²) in [7, 11) is 2.14. The Hall–Kier alpha value is -9.23. The molecule has 4 aromatic carbocycles. The van der Waals surface area contributed by atoms with Crippen LogP contribution in [0.2, 0.25) is 0 Å². The maximum Gasteiger partial charge on any atom is 0.266 e. The zero-order valence-electron chi connectivity index (χ0n) is 38.2. The maximum absolute atomic E-state index is 13.4. The van der Waals surface area contributed by atoms with Gasteiger partial charge in [0.2, 0.25) is 0 Å². The van der Waals surface area contributed by atoms with Gasteiger partial charge in [-0.1, -0.05) is 54.9 Å². The molecule has 6 aromatic rings. The van der Waals surface area contributed by atoms with Crippen molar-refractivity contribution in [2.45, 2.75) is 26.4 Å². The van der Waals surface area contributed by atoms with Crippen molar-refractivity contribution in [3.63, 3.8) is 0 Å². The van der Waals surface area contributed by atoms with Crippen LogP contribution in [0.15, 0.2) is 126 Å². The van der Waals surface area contributed by atoms with Crippen LogP contribution < -0.4 is 38.3 Å². The molecule has 0 saturated heterocycles. The minimum Gasteiger partial charge on any atom is -0.398 e. The van der Waals surface area contributed by atoms with Crippen LogP contribution >= 0.6 is 0 Å². The van der Waals surface area contributed by atoms with Gasteiger partial charge in [0.1, 0.15) is 17.0 Å². The number of hydrogen-bond acceptors (Lipinski definition) is 10. The molecule has 0 aliphatic carbocycles. The standard InChI is InChI=1S/C28H29FN6O2.C22H17F2N5O2.CH3F/c1-3-23(32-2)25(28(37)35-17-19-8-11-20(29)12-9-19)27(36)34-15-4-6-18-10-13-21(22(30)16-18)26(31)24-7-5-14-33-24;23-18-6-4-15(8-19(18)24)12-29-13-27-11-17(22(29)31)21(30)28-7-1-2-14-3-5-16(10-25)20(26)9-14;1-2/h5,7-14,16,31-33H,3,15,17,30H2,1-2H3,(H,34,36)(H,35,37);3-6,8-11,13,25H,7,12,26H2,(H,28,30);1H3/b25-23-,31-26?;;. The average Bonchev–Trinajstić information content (AvgIpc) is 3.91. The molecule has 3 amide bonds. The van der Waals surface area contributed by atoms with Crippen molar-refractivity contribution < 1.29 is 31.9 Å². The van der Waals surface area contributed by atoms with E-state index in [0.29, 0.717) is 69.7 Å². The summed E-state index contributed by atoms with van der Waals surface area (Å²) in [5.74, 6) is 7.22. The van der Waals surface area contributed by atoms with E-state index in [2.05, 4.69) is 54.9 Å². The van der Waals surface area contributed by atoms with Crippen molar-refractivity contribution in [2.75, 3.05) is 38.8 Å². The Labute approximate surface area is 400 Å². The minimum absolute atomic E-state index is 0.00817. The summed E-state index contributed by atoms with van der Waals surface area (Å²) in [6.45, 7) is 1.89. The van der Waals surface area contributed by atoms with Gasteiger partial charge in [0.25, 0.3) is 23.3 Å². The molecular weight excluding hydrogens is 907 g/mol. The highest BCUT2D eigenvalue weighted by Crippen LogP contribution is 2.18. The smallest absolute Gasteiger partial charge is 0.266 e. The number of H-pyrrole nitrogens is 1. The number of hydrogen-bond donors (Lipinski definition) is 9. The van der Waals surface area contributed by atoms with Crippen molar-refractivity contribution in [3.8, 4) is 23.7 Å². The van der Waals surface area contributed by atoms with Gasteiger partial charge in [-0.25, -0.2) is 18.2 Å². The fourth-order valence-corrected chi connectivity index (χ4v) is 6.29. The number of alkyl halides is 1. The van der Waals surface area contributed by atoms with Gasteiger partial charge in [-0.3, -0.25) is 33.5 Å². The predicted molar refractivity (Wildman–Crippen MR) is 261 cm³/mol. The largest absolute Gasteiger partial charge is 0.398 e. The van der Waals surface area contributed by atoms with E-state index in [4.69, 9.17) is 22.3 Å². The number of nitrogen functional groups attached to an aromatic ring is 2. The quantitative estimate of drug-likeness (QED) is 0.0131. The van der Waals surface area contributed by atoms with Crippen LogP contribution in [-0.2, 0) is 22.7 Å². The highest BCUT2D eigenvalue weighted by Gasteiger charge is 2.22. The summed E-state index contributed by atoms with van der Waals surface area (Å²) in [5.41, 5.74) is 16.8. The summed E-state index contributed by atoms with van der Waals surface area (Å²) in [5, 5.41) is 26.3. The van der Waals surface area contributed by atoms with Crippen molar-refractivity contribution in [1.82, 2.24) is 35.8 Å². The van der Waals surface area contributed by atoms with Gasteiger partial charge in [0.15, 0.2) is 11.6 Å². The molecule has 0 atom stereocenters. The number of halogens is 4. The third-order valence-corrected chi connectivity index (χ3v) is 9.83. The molecule has 360 valence electrons. The summed E-state index contributed by atoms with van der Waals surface area (Å²) in [6.07, 6.45) is 5.66. The van der Waals surface area contributed by atoms with E-state index in [1.807, 2.05) is 13.0 Å². The molecule has 0 bridgehead atoms. The van der Waals surface area contributed by atoms with E-state index in [1.165, 1.54) is 24.5 Å². The molecule has 19 heteroatoms. The third kappa shape index (κ3) is 15.2. The second-order valence-electron chi connectivity index (χ2n) is 14.5. The fraction of sp³-hybridized carbons (Fsp3) is 0.157. The Kier molecular flexibility index (Phi) is 20.4. The van der Waals surface area contributed by atoms with Gasteiger partial charge >= 0.3 is 0 Å². The van der Waals surface area contributed by atoms with Gasteiger partial charge in [-0.15, -0.1) is 0 Å². The van der Waals surface area contributed by atoms with Crippen molar-refractivity contribution in [2.24, 2.45) is 0 Å². The number of nitrogens with one attached hydrogen (secondary N) is 7. The molecule has 2 aromatic heterocycles. The second kappa shape index (κ2) is 26.8. The monoisotopic (exact) mass is 955 g/mol. The summed E-state index contributed by atoms with van der Waals surface area (Å²) in [4.78, 5) is 57.4. The lowest BCUT2D eigenvalue weighted by atomic mass is 10.0. The Morgan fingerprint density at radius 3 is 2.04 bits per heavy atom. The van der Waals surface area contributed by atoms with Crippen LogP contribution in [0, 0.1) is 52.0 Å². The highest BCUT2D eigenvalue weighted by atomic mass is 19.2. The van der Waals surface area contributed by atoms with Gasteiger partial charge in [-0.2, -0.15) is 0 Å². The fourth-order valence-electron chi connectivity index (χ4n) is 6.29. The van der Waals surface area contributed by atoms with E-state index in [1.54, 1.807) is 67.8 Å². The first-order chi connectivity index (χ1) is 33.7. The number of aromatic nitrogens is 3.